The Kier molecular flexibility index (Phi) is 6.18. The molecule has 1 saturated carbocycles. The summed E-state index contributed by atoms with van der Waals surface area (Å²) >= 11 is 0. The Hall–Kier alpha value is -3.11. The number of hydrogen-bond acceptors (Lipinski definition) is 7. The van der Waals surface area contributed by atoms with Crippen molar-refractivity contribution in [1.29, 1.82) is 0 Å². The van der Waals surface area contributed by atoms with E-state index in [1.54, 1.807) is 36.4 Å². The van der Waals surface area contributed by atoms with Crippen LogP contribution in [0.4, 0.5) is 11.6 Å². The molecule has 3 aromatic rings. The summed E-state index contributed by atoms with van der Waals surface area (Å²) in [5.74, 6) is 1.03. The number of carbonyl (C=O) groups is 1. The quantitative estimate of drug-likeness (QED) is 0.419. The Bertz CT molecular complexity index is 1280. The van der Waals surface area contributed by atoms with Gasteiger partial charge in [-0.3, -0.25) is 10.1 Å². The number of aromatic amines is 1. The minimum atomic E-state index is -4.01. The smallest absolute Gasteiger partial charge is 0.339 e. The second-order valence-corrected chi connectivity index (χ2v) is 10.5. The van der Waals surface area contributed by atoms with Gasteiger partial charge in [0.15, 0.2) is 0 Å². The number of anilines is 2. The molecule has 3 N–H and O–H groups in total. The molecule has 1 amide bonds. The molecule has 5 rings (SSSR count). The van der Waals surface area contributed by atoms with E-state index in [0.717, 1.165) is 50.9 Å². The molecule has 10 heteroatoms. The maximum absolute atomic E-state index is 12.8. The number of carbonyl (C=O) groups excluding carboxylic acids is 1. The molecule has 0 spiro atoms. The van der Waals surface area contributed by atoms with E-state index in [2.05, 4.69) is 20.2 Å². The van der Waals surface area contributed by atoms with Crippen molar-refractivity contribution in [3.8, 4) is 5.75 Å². The van der Waals surface area contributed by atoms with Gasteiger partial charge in [0.05, 0.1) is 11.0 Å². The number of piperidine rings is 1. The van der Waals surface area contributed by atoms with Crippen LogP contribution in [0.3, 0.4) is 0 Å². The van der Waals surface area contributed by atoms with Crippen molar-refractivity contribution in [2.45, 2.75) is 37.0 Å². The first kappa shape index (κ1) is 22.7. The third kappa shape index (κ3) is 5.02. The van der Waals surface area contributed by atoms with Crippen molar-refractivity contribution in [1.82, 2.24) is 9.97 Å². The highest BCUT2D eigenvalue weighted by atomic mass is 32.2. The van der Waals surface area contributed by atoms with Crippen LogP contribution in [0.5, 0.6) is 5.75 Å². The number of aromatic nitrogens is 2. The summed E-state index contributed by atoms with van der Waals surface area (Å²) in [7, 11) is -4.01. The average Bonchev–Trinajstić information content (AvgIpc) is 3.61. The molecule has 2 aliphatic rings. The second-order valence-electron chi connectivity index (χ2n) is 9.00. The lowest BCUT2D eigenvalue weighted by molar-refractivity contribution is -0.117. The van der Waals surface area contributed by atoms with E-state index >= 15 is 0 Å². The first-order chi connectivity index (χ1) is 16.4. The van der Waals surface area contributed by atoms with Crippen LogP contribution >= 0.6 is 0 Å². The number of aliphatic hydroxyl groups excluding tert-OH is 1. The van der Waals surface area contributed by atoms with Gasteiger partial charge >= 0.3 is 10.1 Å². The second kappa shape index (κ2) is 9.27. The summed E-state index contributed by atoms with van der Waals surface area (Å²) in [5, 5.41) is 11.9. The van der Waals surface area contributed by atoms with Crippen molar-refractivity contribution in [3.05, 3.63) is 42.5 Å². The highest BCUT2D eigenvalue weighted by molar-refractivity contribution is 7.87. The van der Waals surface area contributed by atoms with E-state index < -0.39 is 10.1 Å². The highest BCUT2D eigenvalue weighted by Crippen LogP contribution is 2.31. The van der Waals surface area contributed by atoms with E-state index in [4.69, 9.17) is 9.29 Å². The minimum absolute atomic E-state index is 0.0572. The largest absolute Gasteiger partial charge is 0.396 e. The van der Waals surface area contributed by atoms with E-state index in [0.29, 0.717) is 22.9 Å². The van der Waals surface area contributed by atoms with E-state index in [9.17, 15) is 13.2 Å². The van der Waals surface area contributed by atoms with Crippen LogP contribution in [0.25, 0.3) is 11.0 Å². The van der Waals surface area contributed by atoms with Crippen LogP contribution in [0.1, 0.15) is 32.1 Å². The predicted octanol–water partition coefficient (Wildman–Crippen LogP) is 3.28. The summed E-state index contributed by atoms with van der Waals surface area (Å²) in [4.78, 5) is 21.6. The molecule has 1 saturated heterocycles. The fourth-order valence-electron chi connectivity index (χ4n) is 4.32. The third-order valence-electron chi connectivity index (χ3n) is 6.49. The SMILES string of the molecule is O=C(Nc1nc2cc(OS(=O)(=O)c3ccc(N4CCC(CCO)CC4)cc3)ccc2[nH]1)C1CC1. The Balaban J connectivity index is 1.25. The van der Waals surface area contributed by atoms with Crippen molar-refractivity contribution in [3.63, 3.8) is 0 Å². The molecule has 0 radical (unpaired) electrons. The van der Waals surface area contributed by atoms with E-state index in [1.165, 1.54) is 6.07 Å². The van der Waals surface area contributed by atoms with Crippen LogP contribution in [0.15, 0.2) is 47.4 Å². The maximum Gasteiger partial charge on any atom is 0.339 e. The average molecular weight is 485 g/mol. The Morgan fingerprint density at radius 3 is 2.53 bits per heavy atom. The Morgan fingerprint density at radius 1 is 1.12 bits per heavy atom. The van der Waals surface area contributed by atoms with Crippen LogP contribution in [0, 0.1) is 11.8 Å². The number of hydrogen-bond donors (Lipinski definition) is 3. The summed E-state index contributed by atoms with van der Waals surface area (Å²) in [6.45, 7) is 2.00. The van der Waals surface area contributed by atoms with E-state index in [1.807, 2.05) is 0 Å². The van der Waals surface area contributed by atoms with Gasteiger partial charge < -0.3 is 19.2 Å². The van der Waals surface area contributed by atoms with Gasteiger partial charge in [0.1, 0.15) is 10.6 Å². The van der Waals surface area contributed by atoms with Crippen LogP contribution in [0.2, 0.25) is 0 Å². The fourth-order valence-corrected chi connectivity index (χ4v) is 5.24. The molecule has 180 valence electrons. The number of benzene rings is 2. The number of aliphatic hydroxyl groups is 1. The number of amides is 1. The molecule has 1 aromatic heterocycles. The summed E-state index contributed by atoms with van der Waals surface area (Å²) in [6.07, 6.45) is 4.66. The lowest BCUT2D eigenvalue weighted by Crippen LogP contribution is -2.33. The van der Waals surface area contributed by atoms with Crippen molar-refractivity contribution >= 4 is 38.7 Å². The van der Waals surface area contributed by atoms with Gasteiger partial charge in [0.25, 0.3) is 0 Å². The first-order valence-corrected chi connectivity index (χ1v) is 13.0. The molecule has 0 bridgehead atoms. The molecule has 0 atom stereocenters. The normalized spacial score (nSPS) is 17.1. The molecule has 2 fully saturated rings. The molecule has 9 nitrogen and oxygen atoms in total. The number of rotatable bonds is 8. The predicted molar refractivity (Wildman–Crippen MR) is 128 cm³/mol. The molecule has 2 heterocycles. The standard InChI is InChI=1S/C24H28N4O5S/c29-14-11-16-9-12-28(13-10-16)18-3-6-20(7-4-18)34(31,32)33-19-5-8-21-22(15-19)26-24(25-21)27-23(30)17-1-2-17/h3-8,15-17,29H,1-2,9-14H2,(H2,25,26,27,30). The molecular formula is C24H28N4O5S. The summed E-state index contributed by atoms with van der Waals surface area (Å²) in [6, 6.07) is 11.5. The molecule has 2 aromatic carbocycles. The number of imidazole rings is 1. The molecular weight excluding hydrogens is 456 g/mol. The van der Waals surface area contributed by atoms with Crippen LogP contribution in [-0.4, -0.2) is 49.1 Å². The molecule has 1 aliphatic carbocycles. The van der Waals surface area contributed by atoms with Crippen molar-refractivity contribution in [2.75, 3.05) is 29.9 Å². The lowest BCUT2D eigenvalue weighted by atomic mass is 9.93. The van der Waals surface area contributed by atoms with Gasteiger partial charge in [-0.1, -0.05) is 0 Å². The third-order valence-corrected chi connectivity index (χ3v) is 7.75. The Morgan fingerprint density at radius 2 is 1.85 bits per heavy atom. The highest BCUT2D eigenvalue weighted by Gasteiger charge is 2.30. The molecule has 0 unspecified atom stereocenters. The number of fused-ring (bicyclic) bond motifs is 1. The zero-order valence-corrected chi connectivity index (χ0v) is 19.6. The van der Waals surface area contributed by atoms with Crippen LogP contribution < -0.4 is 14.4 Å². The minimum Gasteiger partial charge on any atom is -0.396 e. The van der Waals surface area contributed by atoms with Gasteiger partial charge in [-0.05, 0) is 74.4 Å². The van der Waals surface area contributed by atoms with Gasteiger partial charge in [-0.25, -0.2) is 4.98 Å². The van der Waals surface area contributed by atoms with Crippen molar-refractivity contribution < 1.29 is 22.5 Å². The monoisotopic (exact) mass is 484 g/mol. The van der Waals surface area contributed by atoms with Gasteiger partial charge in [0.2, 0.25) is 11.9 Å². The Labute approximate surface area is 198 Å². The zero-order valence-electron chi connectivity index (χ0n) is 18.7. The topological polar surface area (TPSA) is 125 Å². The number of nitrogens with one attached hydrogen (secondary N) is 2. The summed E-state index contributed by atoms with van der Waals surface area (Å²) in [5.41, 5.74) is 2.14. The lowest BCUT2D eigenvalue weighted by Gasteiger charge is -2.33. The number of nitrogens with zero attached hydrogens (tertiary/aromatic N) is 2. The first-order valence-electron chi connectivity index (χ1n) is 11.6. The van der Waals surface area contributed by atoms with Gasteiger partial charge in [0, 0.05) is 37.4 Å². The zero-order chi connectivity index (χ0) is 23.7. The molecule has 1 aliphatic heterocycles. The van der Waals surface area contributed by atoms with E-state index in [-0.39, 0.29) is 29.1 Å². The fraction of sp³-hybridized carbons (Fsp3) is 0.417. The van der Waals surface area contributed by atoms with Gasteiger partial charge in [-0.2, -0.15) is 8.42 Å². The summed E-state index contributed by atoms with van der Waals surface area (Å²) < 4.78 is 31.0. The molecule has 34 heavy (non-hydrogen) atoms. The maximum atomic E-state index is 12.8. The van der Waals surface area contributed by atoms with Crippen molar-refractivity contribution in [2.24, 2.45) is 11.8 Å². The number of H-pyrrole nitrogens is 1. The van der Waals surface area contributed by atoms with Gasteiger partial charge in [-0.15, -0.1) is 0 Å². The van der Waals surface area contributed by atoms with Crippen LogP contribution in [-0.2, 0) is 14.9 Å².